The molecule has 11 atom stereocenters. The summed E-state index contributed by atoms with van der Waals surface area (Å²) in [5.41, 5.74) is 27.6. The van der Waals surface area contributed by atoms with Crippen molar-refractivity contribution in [3.05, 3.63) is 0 Å². The van der Waals surface area contributed by atoms with Gasteiger partial charge in [0.1, 0.15) is 48.8 Å². The summed E-state index contributed by atoms with van der Waals surface area (Å²) in [4.78, 5) is 161. The zero-order chi connectivity index (χ0) is 58.6. The molecule has 0 heterocycles. The van der Waals surface area contributed by atoms with E-state index in [0.717, 1.165) is 6.92 Å². The minimum absolute atomic E-state index is 0.0290. The van der Waals surface area contributed by atoms with Crippen LogP contribution in [0.5, 0.6) is 0 Å². The first kappa shape index (κ1) is 68.8. The Morgan fingerprint density at radius 3 is 1.42 bits per heavy atom. The predicted molar refractivity (Wildman–Crippen MR) is 277 cm³/mol. The quantitative estimate of drug-likeness (QED) is 0.0157. The van der Waals surface area contributed by atoms with Gasteiger partial charge >= 0.3 is 5.97 Å². The standard InChI is InChI=1S/C47H85N15O14/c1-10-24(7)36(50)44(74)54-20-34(66)56-27(13-12-16-53-47(51)52)39(69)60-31(19-33(49)65)42(72)58-29(17-22(3)4)41(71)59-30(18-23(5)6)43(73)62-38(26(9)63)46(76)57-28(14-15-32(48)64)40(70)61-37(25(8)11-2)45(75)55-21-35(67)68/h22-31,36-38,63H,10-21,50H2,1-9H3,(H2,48,64)(H2,49,65)(H,54,74)(H,55,75)(H,56,66)(H,57,76)(H,58,72)(H,59,71)(H,60,69)(H,61,70)(H,62,73)(H,67,68)(H4,51,52,53). The molecule has 29 nitrogen and oxygen atoms in total. The van der Waals surface area contributed by atoms with Gasteiger partial charge in [0.25, 0.3) is 0 Å². The van der Waals surface area contributed by atoms with E-state index < -0.39 is 164 Å². The topological polar surface area (TPSA) is 496 Å². The van der Waals surface area contributed by atoms with E-state index in [2.05, 4.69) is 52.8 Å². The lowest BCUT2D eigenvalue weighted by atomic mass is 9.97. The van der Waals surface area contributed by atoms with Crippen molar-refractivity contribution in [2.75, 3.05) is 19.6 Å². The molecule has 29 heteroatoms. The molecule has 0 saturated carbocycles. The molecule has 0 aromatic carbocycles. The van der Waals surface area contributed by atoms with Gasteiger partial charge in [-0.2, -0.15) is 0 Å². The van der Waals surface area contributed by atoms with Gasteiger partial charge in [0, 0.05) is 13.0 Å². The molecule has 432 valence electrons. The van der Waals surface area contributed by atoms with E-state index in [1.807, 2.05) is 6.92 Å². The summed E-state index contributed by atoms with van der Waals surface area (Å²) in [5.74, 6) is -13.1. The maximum Gasteiger partial charge on any atom is 0.322 e. The van der Waals surface area contributed by atoms with Crippen molar-refractivity contribution in [1.82, 2.24) is 47.9 Å². The average molecular weight is 1080 g/mol. The third kappa shape index (κ3) is 27.4. The normalized spacial score (nSPS) is 15.4. The highest BCUT2D eigenvalue weighted by Gasteiger charge is 2.37. The zero-order valence-corrected chi connectivity index (χ0v) is 45.1. The summed E-state index contributed by atoms with van der Waals surface area (Å²) in [6.45, 7) is 13.6. The summed E-state index contributed by atoms with van der Waals surface area (Å²) < 4.78 is 0. The van der Waals surface area contributed by atoms with Crippen LogP contribution in [-0.4, -0.2) is 161 Å². The van der Waals surface area contributed by atoms with Gasteiger partial charge in [-0.1, -0.05) is 68.2 Å². The van der Waals surface area contributed by atoms with E-state index in [1.165, 1.54) is 0 Å². The maximum absolute atomic E-state index is 14.1. The minimum Gasteiger partial charge on any atom is -0.480 e. The predicted octanol–water partition coefficient (Wildman–Crippen LogP) is -5.22. The fraction of sp³-hybridized carbons (Fsp3) is 0.723. The number of carbonyl (C=O) groups excluding carboxylic acids is 11. The highest BCUT2D eigenvalue weighted by Crippen LogP contribution is 2.13. The number of aliphatic hydroxyl groups excluding tert-OH is 1. The molecule has 0 aromatic rings. The van der Waals surface area contributed by atoms with Crippen molar-refractivity contribution >= 4 is 76.9 Å². The second-order valence-corrected chi connectivity index (χ2v) is 19.6. The van der Waals surface area contributed by atoms with Crippen molar-refractivity contribution in [1.29, 1.82) is 0 Å². The molecule has 0 saturated heterocycles. The van der Waals surface area contributed by atoms with Gasteiger partial charge in [0.05, 0.1) is 25.1 Å². The van der Waals surface area contributed by atoms with Gasteiger partial charge < -0.3 is 86.7 Å². The molecule has 11 amide bonds. The summed E-state index contributed by atoms with van der Waals surface area (Å²) in [7, 11) is 0. The molecular weight excluding hydrogens is 999 g/mol. The number of hydrogen-bond acceptors (Lipinski definition) is 15. The fourth-order valence-corrected chi connectivity index (χ4v) is 7.15. The largest absolute Gasteiger partial charge is 0.480 e. The van der Waals surface area contributed by atoms with Gasteiger partial charge in [0.15, 0.2) is 5.96 Å². The summed E-state index contributed by atoms with van der Waals surface area (Å²) >= 11 is 0. The molecular formula is C47H85N15O14. The lowest BCUT2D eigenvalue weighted by molar-refractivity contribution is -0.139. The van der Waals surface area contributed by atoms with Gasteiger partial charge in [0.2, 0.25) is 65.0 Å². The van der Waals surface area contributed by atoms with E-state index in [1.54, 1.807) is 48.5 Å². The minimum atomic E-state index is -1.80. The molecule has 0 aliphatic heterocycles. The number of rotatable bonds is 37. The summed E-state index contributed by atoms with van der Waals surface area (Å²) in [6, 6.07) is -11.6. The molecule has 0 rings (SSSR count). The van der Waals surface area contributed by atoms with Crippen molar-refractivity contribution in [3.63, 3.8) is 0 Å². The summed E-state index contributed by atoms with van der Waals surface area (Å²) in [5, 5.41) is 41.6. The van der Waals surface area contributed by atoms with Crippen LogP contribution in [0.25, 0.3) is 0 Å². The van der Waals surface area contributed by atoms with Crippen molar-refractivity contribution in [3.8, 4) is 0 Å². The monoisotopic (exact) mass is 1080 g/mol. The van der Waals surface area contributed by atoms with Crippen LogP contribution in [0.3, 0.4) is 0 Å². The Morgan fingerprint density at radius 1 is 0.500 bits per heavy atom. The number of guanidine groups is 1. The number of amides is 11. The van der Waals surface area contributed by atoms with Gasteiger partial charge in [-0.25, -0.2) is 0 Å². The Balaban J connectivity index is 6.66. The van der Waals surface area contributed by atoms with Crippen LogP contribution in [-0.2, 0) is 57.5 Å². The number of aliphatic carboxylic acids is 1. The summed E-state index contributed by atoms with van der Waals surface area (Å²) in [6.07, 6.45) is -2.42. The Bertz CT molecular complexity index is 2030. The molecule has 0 radical (unpaired) electrons. The van der Waals surface area contributed by atoms with Gasteiger partial charge in [-0.3, -0.25) is 62.5 Å². The first-order valence-corrected chi connectivity index (χ1v) is 25.3. The third-order valence-electron chi connectivity index (χ3n) is 11.9. The Morgan fingerprint density at radius 2 is 0.947 bits per heavy atom. The molecule has 0 aliphatic rings. The van der Waals surface area contributed by atoms with Crippen LogP contribution in [0.2, 0.25) is 0 Å². The van der Waals surface area contributed by atoms with Crippen LogP contribution in [0, 0.1) is 23.7 Å². The van der Waals surface area contributed by atoms with Crippen molar-refractivity contribution < 1.29 is 67.7 Å². The highest BCUT2D eigenvalue weighted by molar-refractivity contribution is 5.99. The number of nitrogens with two attached hydrogens (primary N) is 5. The molecule has 0 aliphatic carbocycles. The fourth-order valence-electron chi connectivity index (χ4n) is 7.15. The van der Waals surface area contributed by atoms with E-state index in [4.69, 9.17) is 33.8 Å². The molecule has 0 spiro atoms. The lowest BCUT2D eigenvalue weighted by Gasteiger charge is -2.30. The number of nitrogens with zero attached hydrogens (tertiary/aromatic N) is 1. The number of nitrogens with one attached hydrogen (secondary N) is 9. The Hall–Kier alpha value is -7.17. The first-order chi connectivity index (χ1) is 35.3. The van der Waals surface area contributed by atoms with Crippen LogP contribution < -0.4 is 76.5 Å². The van der Waals surface area contributed by atoms with Crippen molar-refractivity contribution in [2.45, 2.75) is 175 Å². The van der Waals surface area contributed by atoms with E-state index in [-0.39, 0.29) is 55.9 Å². The number of carbonyl (C=O) groups is 12. The van der Waals surface area contributed by atoms with Gasteiger partial charge in [-0.05, 0) is 62.7 Å². The molecule has 11 unspecified atom stereocenters. The van der Waals surface area contributed by atoms with Crippen molar-refractivity contribution in [2.24, 2.45) is 57.3 Å². The molecule has 76 heavy (non-hydrogen) atoms. The third-order valence-corrected chi connectivity index (χ3v) is 11.9. The highest BCUT2D eigenvalue weighted by atomic mass is 16.4. The van der Waals surface area contributed by atoms with E-state index >= 15 is 0 Å². The van der Waals surface area contributed by atoms with Crippen LogP contribution >= 0.6 is 0 Å². The zero-order valence-electron chi connectivity index (χ0n) is 45.1. The molecule has 0 bridgehead atoms. The van der Waals surface area contributed by atoms with Crippen LogP contribution in [0.1, 0.15) is 120 Å². The van der Waals surface area contributed by atoms with Gasteiger partial charge in [-0.15, -0.1) is 0 Å². The number of carboxylic acid groups (broad SMARTS) is 1. The number of hydrogen-bond donors (Lipinski definition) is 16. The molecule has 21 N–H and O–H groups in total. The lowest BCUT2D eigenvalue weighted by Crippen LogP contribution is -2.62. The maximum atomic E-state index is 14.1. The van der Waals surface area contributed by atoms with Crippen LogP contribution in [0.4, 0.5) is 0 Å². The number of aliphatic hydroxyl groups is 1. The van der Waals surface area contributed by atoms with Crippen LogP contribution in [0.15, 0.2) is 4.99 Å². The first-order valence-electron chi connectivity index (χ1n) is 25.3. The molecule has 0 aromatic heterocycles. The second kappa shape index (κ2) is 35.2. The number of primary amides is 2. The average Bonchev–Trinajstić information content (AvgIpc) is 3.32. The SMILES string of the molecule is CCC(C)C(N)C(=O)NCC(=O)NC(CCCN=C(N)N)C(=O)NC(CC(N)=O)C(=O)NC(CC(C)C)C(=O)NC(CC(C)C)C(=O)NC(C(=O)NC(CCC(N)=O)C(=O)NC(C(=O)NCC(=O)O)C(C)CC)C(C)O. The van der Waals surface area contributed by atoms with E-state index in [0.29, 0.717) is 12.8 Å². The number of carboxylic acids is 1. The molecule has 0 fully saturated rings. The van der Waals surface area contributed by atoms with E-state index in [9.17, 15) is 62.6 Å². The number of aliphatic imine (C=N–C) groups is 1. The Kier molecular flexibility index (Phi) is 31.8. The smallest absolute Gasteiger partial charge is 0.322 e. The second-order valence-electron chi connectivity index (χ2n) is 19.6. The Labute approximate surface area is 443 Å².